The molecule has 128 valence electrons. The molecule has 0 bridgehead atoms. The van der Waals surface area contributed by atoms with Gasteiger partial charge in [-0.05, 0) is 51.1 Å². The molecule has 0 aromatic carbocycles. The molecule has 24 heavy (non-hydrogen) atoms. The molecule has 2 aromatic heterocycles. The number of piperidine rings is 1. The Kier molecular flexibility index (Phi) is 5.14. The van der Waals surface area contributed by atoms with Gasteiger partial charge in [-0.15, -0.1) is 11.3 Å². The first-order chi connectivity index (χ1) is 11.5. The number of anilines is 1. The molecule has 3 heterocycles. The maximum Gasteiger partial charge on any atom is 0.225 e. The summed E-state index contributed by atoms with van der Waals surface area (Å²) >= 11 is 1.68. The lowest BCUT2D eigenvalue weighted by molar-refractivity contribution is -0.125. The monoisotopic (exact) mass is 344 g/mol. The van der Waals surface area contributed by atoms with Crippen molar-refractivity contribution >= 4 is 23.2 Å². The predicted molar refractivity (Wildman–Crippen MR) is 97.3 cm³/mol. The van der Waals surface area contributed by atoms with Crippen molar-refractivity contribution in [2.75, 3.05) is 18.0 Å². The van der Waals surface area contributed by atoms with Gasteiger partial charge in [0.05, 0.1) is 12.0 Å². The molecule has 1 amide bonds. The summed E-state index contributed by atoms with van der Waals surface area (Å²) in [6.45, 7) is 7.60. The van der Waals surface area contributed by atoms with Crippen molar-refractivity contribution < 1.29 is 4.79 Å². The molecule has 0 spiro atoms. The van der Waals surface area contributed by atoms with Gasteiger partial charge in [-0.2, -0.15) is 0 Å². The highest BCUT2D eigenvalue weighted by Crippen LogP contribution is 2.23. The van der Waals surface area contributed by atoms with E-state index in [1.807, 2.05) is 38.3 Å². The molecule has 1 saturated heterocycles. The Balaban J connectivity index is 1.65. The van der Waals surface area contributed by atoms with E-state index in [0.717, 1.165) is 36.7 Å². The number of aryl methyl sites for hydroxylation is 2. The minimum atomic E-state index is -0.00872. The lowest BCUT2D eigenvalue weighted by Crippen LogP contribution is -2.44. The zero-order valence-corrected chi connectivity index (χ0v) is 15.3. The van der Waals surface area contributed by atoms with Gasteiger partial charge in [-0.25, -0.2) is 9.97 Å². The molecule has 1 aliphatic heterocycles. The van der Waals surface area contributed by atoms with Crippen LogP contribution in [0.4, 0.5) is 5.95 Å². The minimum absolute atomic E-state index is 0.00872. The summed E-state index contributed by atoms with van der Waals surface area (Å²) in [7, 11) is 0. The van der Waals surface area contributed by atoms with Crippen molar-refractivity contribution in [1.29, 1.82) is 0 Å². The smallest absolute Gasteiger partial charge is 0.225 e. The molecule has 3 rings (SSSR count). The SMILES string of the molecule is Cc1cc(C)nc(N2CCC[C@H](C(=O)N[C@@H](C)c3cccs3)C2)n1. The van der Waals surface area contributed by atoms with Gasteiger partial charge in [0.15, 0.2) is 0 Å². The van der Waals surface area contributed by atoms with Crippen molar-refractivity contribution in [3.8, 4) is 0 Å². The van der Waals surface area contributed by atoms with E-state index in [1.165, 1.54) is 4.88 Å². The third kappa shape index (κ3) is 3.93. The number of carbonyl (C=O) groups excluding carboxylic acids is 1. The fraction of sp³-hybridized carbons (Fsp3) is 0.500. The Morgan fingerprint density at radius 3 is 2.79 bits per heavy atom. The van der Waals surface area contributed by atoms with Gasteiger partial charge in [0.25, 0.3) is 0 Å². The van der Waals surface area contributed by atoms with Crippen LogP contribution in [0.2, 0.25) is 0 Å². The van der Waals surface area contributed by atoms with E-state index in [0.29, 0.717) is 6.54 Å². The molecular weight excluding hydrogens is 320 g/mol. The van der Waals surface area contributed by atoms with E-state index in [9.17, 15) is 4.79 Å². The molecular formula is C18H24N4OS. The molecule has 5 nitrogen and oxygen atoms in total. The average molecular weight is 344 g/mol. The van der Waals surface area contributed by atoms with Gasteiger partial charge in [0, 0.05) is 29.4 Å². The largest absolute Gasteiger partial charge is 0.348 e. The van der Waals surface area contributed by atoms with E-state index < -0.39 is 0 Å². The highest BCUT2D eigenvalue weighted by molar-refractivity contribution is 7.10. The van der Waals surface area contributed by atoms with Crippen LogP contribution in [-0.2, 0) is 4.79 Å². The lowest BCUT2D eigenvalue weighted by Gasteiger charge is -2.32. The average Bonchev–Trinajstić information content (AvgIpc) is 3.08. The number of hydrogen-bond donors (Lipinski definition) is 1. The Morgan fingerprint density at radius 2 is 2.12 bits per heavy atom. The number of thiophene rings is 1. The quantitative estimate of drug-likeness (QED) is 0.925. The molecule has 0 unspecified atom stereocenters. The van der Waals surface area contributed by atoms with Crippen LogP contribution in [0.25, 0.3) is 0 Å². The number of hydrogen-bond acceptors (Lipinski definition) is 5. The standard InChI is InChI=1S/C18H24N4OS/c1-12-10-13(2)20-18(19-12)22-8-4-6-15(11-22)17(23)21-14(3)16-7-5-9-24-16/h5,7,9-10,14-15H,4,6,8,11H2,1-3H3,(H,21,23)/t14-,15-/m0/s1. The van der Waals surface area contributed by atoms with Gasteiger partial charge in [-0.3, -0.25) is 4.79 Å². The summed E-state index contributed by atoms with van der Waals surface area (Å²) in [5, 5.41) is 5.19. The van der Waals surface area contributed by atoms with Gasteiger partial charge in [0.2, 0.25) is 11.9 Å². The Bertz CT molecular complexity index is 681. The Labute approximate surface area is 147 Å². The zero-order valence-electron chi connectivity index (χ0n) is 14.5. The summed E-state index contributed by atoms with van der Waals surface area (Å²) < 4.78 is 0. The van der Waals surface area contributed by atoms with Crippen molar-refractivity contribution in [2.24, 2.45) is 5.92 Å². The third-order valence-electron chi connectivity index (χ3n) is 4.37. The molecule has 0 radical (unpaired) electrons. The first-order valence-electron chi connectivity index (χ1n) is 8.44. The Hall–Kier alpha value is -1.95. The topological polar surface area (TPSA) is 58.1 Å². The number of nitrogens with zero attached hydrogens (tertiary/aromatic N) is 3. The zero-order chi connectivity index (χ0) is 17.1. The number of carbonyl (C=O) groups is 1. The molecule has 1 aliphatic rings. The molecule has 2 atom stereocenters. The van der Waals surface area contributed by atoms with Gasteiger partial charge >= 0.3 is 0 Å². The summed E-state index contributed by atoms with van der Waals surface area (Å²) in [5.41, 5.74) is 1.94. The maximum absolute atomic E-state index is 12.6. The van der Waals surface area contributed by atoms with Crippen molar-refractivity contribution in [3.05, 3.63) is 39.8 Å². The summed E-state index contributed by atoms with van der Waals surface area (Å²) in [4.78, 5) is 25.0. The second kappa shape index (κ2) is 7.30. The third-order valence-corrected chi connectivity index (χ3v) is 5.43. The molecule has 2 aromatic rings. The molecule has 0 saturated carbocycles. The molecule has 0 aliphatic carbocycles. The van der Waals surface area contributed by atoms with Crippen LogP contribution in [-0.4, -0.2) is 29.0 Å². The molecule has 1 fully saturated rings. The highest BCUT2D eigenvalue weighted by atomic mass is 32.1. The van der Waals surface area contributed by atoms with Crippen LogP contribution >= 0.6 is 11.3 Å². The summed E-state index contributed by atoms with van der Waals surface area (Å²) in [6.07, 6.45) is 1.91. The van der Waals surface area contributed by atoms with E-state index in [2.05, 4.69) is 26.3 Å². The predicted octanol–water partition coefficient (Wildman–Crippen LogP) is 3.25. The van der Waals surface area contributed by atoms with Crippen LogP contribution in [0.3, 0.4) is 0 Å². The minimum Gasteiger partial charge on any atom is -0.348 e. The normalized spacial score (nSPS) is 19.1. The van der Waals surface area contributed by atoms with E-state index in [1.54, 1.807) is 11.3 Å². The van der Waals surface area contributed by atoms with Crippen LogP contribution in [0, 0.1) is 19.8 Å². The van der Waals surface area contributed by atoms with Crippen LogP contribution in [0.15, 0.2) is 23.6 Å². The fourth-order valence-corrected chi connectivity index (χ4v) is 3.90. The number of aromatic nitrogens is 2. The van der Waals surface area contributed by atoms with Crippen molar-refractivity contribution in [1.82, 2.24) is 15.3 Å². The van der Waals surface area contributed by atoms with Crippen LogP contribution in [0.5, 0.6) is 0 Å². The summed E-state index contributed by atoms with van der Waals surface area (Å²) in [6, 6.07) is 6.11. The van der Waals surface area contributed by atoms with Crippen LogP contribution < -0.4 is 10.2 Å². The first-order valence-corrected chi connectivity index (χ1v) is 9.32. The molecule has 1 N–H and O–H groups in total. The van der Waals surface area contributed by atoms with Crippen molar-refractivity contribution in [2.45, 2.75) is 39.7 Å². The van der Waals surface area contributed by atoms with E-state index in [4.69, 9.17) is 0 Å². The maximum atomic E-state index is 12.6. The number of nitrogens with one attached hydrogen (secondary N) is 1. The van der Waals surface area contributed by atoms with Gasteiger partial charge < -0.3 is 10.2 Å². The highest BCUT2D eigenvalue weighted by Gasteiger charge is 2.28. The number of rotatable bonds is 4. The Morgan fingerprint density at radius 1 is 1.38 bits per heavy atom. The van der Waals surface area contributed by atoms with Gasteiger partial charge in [-0.1, -0.05) is 6.07 Å². The van der Waals surface area contributed by atoms with Crippen LogP contribution in [0.1, 0.15) is 42.1 Å². The van der Waals surface area contributed by atoms with E-state index in [-0.39, 0.29) is 17.9 Å². The fourth-order valence-electron chi connectivity index (χ4n) is 3.16. The summed E-state index contributed by atoms with van der Waals surface area (Å²) in [5.74, 6) is 0.867. The first kappa shape index (κ1) is 16.9. The lowest BCUT2D eigenvalue weighted by atomic mass is 9.97. The van der Waals surface area contributed by atoms with Gasteiger partial charge in [0.1, 0.15) is 0 Å². The number of amides is 1. The second-order valence-electron chi connectivity index (χ2n) is 6.48. The van der Waals surface area contributed by atoms with Crippen molar-refractivity contribution in [3.63, 3.8) is 0 Å². The second-order valence-corrected chi connectivity index (χ2v) is 7.46. The van der Waals surface area contributed by atoms with E-state index >= 15 is 0 Å². The molecule has 6 heteroatoms.